The second kappa shape index (κ2) is 5.40. The molecule has 1 saturated heterocycles. The van der Waals surface area contributed by atoms with E-state index in [1.165, 1.54) is 0 Å². The van der Waals surface area contributed by atoms with Gasteiger partial charge in [-0.15, -0.1) is 0 Å². The van der Waals surface area contributed by atoms with E-state index in [2.05, 4.69) is 31.9 Å². The van der Waals surface area contributed by atoms with Crippen molar-refractivity contribution in [1.82, 2.24) is 4.98 Å². The van der Waals surface area contributed by atoms with Gasteiger partial charge in [-0.25, -0.2) is 0 Å². The molecule has 1 aliphatic rings. The summed E-state index contributed by atoms with van der Waals surface area (Å²) in [7, 11) is 0. The van der Waals surface area contributed by atoms with Crippen LogP contribution >= 0.6 is 15.9 Å². The van der Waals surface area contributed by atoms with Gasteiger partial charge in [-0.1, -0.05) is 15.9 Å². The van der Waals surface area contributed by atoms with Crippen LogP contribution < -0.4 is 10.6 Å². The average molecular weight is 334 g/mol. The second-order valence-corrected chi connectivity index (χ2v) is 6.09. The standard InChI is InChI=1S/C15H16BrN3O/c16-11-3-4-12-13(8-11)18-6-5-14(12)19-7-1-2-10(9-19)15(17)20/h3-6,8,10H,1-2,7,9H2,(H2,17,20). The lowest BCUT2D eigenvalue weighted by Gasteiger charge is -2.33. The highest BCUT2D eigenvalue weighted by molar-refractivity contribution is 9.10. The summed E-state index contributed by atoms with van der Waals surface area (Å²) in [5, 5.41) is 1.11. The van der Waals surface area contributed by atoms with Gasteiger partial charge in [-0.2, -0.15) is 0 Å². The highest BCUT2D eigenvalue weighted by atomic mass is 79.9. The number of fused-ring (bicyclic) bond motifs is 1. The van der Waals surface area contributed by atoms with E-state index in [0.717, 1.165) is 40.4 Å². The van der Waals surface area contributed by atoms with Gasteiger partial charge in [0.05, 0.1) is 11.4 Å². The third-order valence-electron chi connectivity index (χ3n) is 3.85. The minimum atomic E-state index is -0.198. The van der Waals surface area contributed by atoms with Crippen LogP contribution in [0.2, 0.25) is 0 Å². The number of hydrogen-bond acceptors (Lipinski definition) is 3. The summed E-state index contributed by atoms with van der Waals surface area (Å²) in [4.78, 5) is 18.1. The molecule has 1 atom stereocenters. The van der Waals surface area contributed by atoms with Crippen molar-refractivity contribution < 1.29 is 4.79 Å². The van der Waals surface area contributed by atoms with E-state index in [0.29, 0.717) is 6.54 Å². The summed E-state index contributed by atoms with van der Waals surface area (Å²) < 4.78 is 1.02. The molecule has 1 aromatic heterocycles. The van der Waals surface area contributed by atoms with E-state index in [4.69, 9.17) is 5.73 Å². The number of piperidine rings is 1. The first-order valence-corrected chi connectivity index (χ1v) is 7.53. The number of rotatable bonds is 2. The predicted molar refractivity (Wildman–Crippen MR) is 83.6 cm³/mol. The average Bonchev–Trinajstić information content (AvgIpc) is 2.46. The molecule has 1 aromatic carbocycles. The summed E-state index contributed by atoms with van der Waals surface area (Å²) in [5.74, 6) is -0.252. The normalized spacial score (nSPS) is 19.2. The molecule has 0 saturated carbocycles. The van der Waals surface area contributed by atoms with E-state index >= 15 is 0 Å². The Kier molecular flexibility index (Phi) is 3.61. The molecule has 1 unspecified atom stereocenters. The second-order valence-electron chi connectivity index (χ2n) is 5.18. The van der Waals surface area contributed by atoms with Gasteiger partial charge in [0.2, 0.25) is 5.91 Å². The molecule has 2 heterocycles. The van der Waals surface area contributed by atoms with Crippen molar-refractivity contribution in [2.24, 2.45) is 11.7 Å². The molecule has 1 aliphatic heterocycles. The molecule has 0 bridgehead atoms. The number of hydrogen-bond donors (Lipinski definition) is 1. The lowest BCUT2D eigenvalue weighted by atomic mass is 9.96. The molecule has 1 fully saturated rings. The van der Waals surface area contributed by atoms with Crippen molar-refractivity contribution in [3.8, 4) is 0 Å². The zero-order chi connectivity index (χ0) is 14.1. The van der Waals surface area contributed by atoms with Crippen LogP contribution in [0.15, 0.2) is 34.9 Å². The van der Waals surface area contributed by atoms with Crippen molar-refractivity contribution in [3.63, 3.8) is 0 Å². The Labute approximate surface area is 126 Å². The minimum Gasteiger partial charge on any atom is -0.370 e. The van der Waals surface area contributed by atoms with Crippen molar-refractivity contribution in [3.05, 3.63) is 34.9 Å². The monoisotopic (exact) mass is 333 g/mol. The molecule has 104 valence electrons. The van der Waals surface area contributed by atoms with Gasteiger partial charge in [0.15, 0.2) is 0 Å². The molecule has 2 aromatic rings. The molecular formula is C15H16BrN3O. The number of nitrogens with zero attached hydrogens (tertiary/aromatic N) is 2. The number of halogens is 1. The highest BCUT2D eigenvalue weighted by Gasteiger charge is 2.25. The fraction of sp³-hybridized carbons (Fsp3) is 0.333. The molecular weight excluding hydrogens is 318 g/mol. The Morgan fingerprint density at radius 3 is 3.05 bits per heavy atom. The van der Waals surface area contributed by atoms with Crippen LogP contribution in [0.4, 0.5) is 5.69 Å². The highest BCUT2D eigenvalue weighted by Crippen LogP contribution is 2.30. The van der Waals surface area contributed by atoms with Crippen LogP contribution in [0.3, 0.4) is 0 Å². The lowest BCUT2D eigenvalue weighted by molar-refractivity contribution is -0.122. The zero-order valence-electron chi connectivity index (χ0n) is 11.1. The minimum absolute atomic E-state index is 0.0533. The van der Waals surface area contributed by atoms with Gasteiger partial charge in [0.1, 0.15) is 0 Å². The third-order valence-corrected chi connectivity index (χ3v) is 4.34. The van der Waals surface area contributed by atoms with E-state index in [9.17, 15) is 4.79 Å². The maximum Gasteiger partial charge on any atom is 0.222 e. The SMILES string of the molecule is NC(=O)C1CCCN(c2ccnc3cc(Br)ccc23)C1. The summed E-state index contributed by atoms with van der Waals surface area (Å²) >= 11 is 3.47. The first-order valence-electron chi connectivity index (χ1n) is 6.73. The fourth-order valence-electron chi connectivity index (χ4n) is 2.81. The van der Waals surface area contributed by atoms with Gasteiger partial charge in [-0.3, -0.25) is 9.78 Å². The molecule has 5 heteroatoms. The maximum absolute atomic E-state index is 11.4. The Bertz CT molecular complexity index is 659. The Morgan fingerprint density at radius 2 is 2.25 bits per heavy atom. The van der Waals surface area contributed by atoms with E-state index in [-0.39, 0.29) is 11.8 Å². The smallest absolute Gasteiger partial charge is 0.222 e. The summed E-state index contributed by atoms with van der Waals surface area (Å²) in [6, 6.07) is 8.10. The van der Waals surface area contributed by atoms with Crippen LogP contribution in [0.1, 0.15) is 12.8 Å². The molecule has 2 N–H and O–H groups in total. The number of nitrogens with two attached hydrogens (primary N) is 1. The van der Waals surface area contributed by atoms with Crippen molar-refractivity contribution >= 4 is 38.4 Å². The summed E-state index contributed by atoms with van der Waals surface area (Å²) in [5.41, 5.74) is 7.55. The van der Waals surface area contributed by atoms with Crippen LogP contribution in [-0.2, 0) is 4.79 Å². The quantitative estimate of drug-likeness (QED) is 0.919. The maximum atomic E-state index is 11.4. The first kappa shape index (κ1) is 13.4. The van der Waals surface area contributed by atoms with E-state index < -0.39 is 0 Å². The van der Waals surface area contributed by atoms with Gasteiger partial charge in [-0.05, 0) is 37.1 Å². The molecule has 4 nitrogen and oxygen atoms in total. The van der Waals surface area contributed by atoms with Gasteiger partial charge >= 0.3 is 0 Å². The van der Waals surface area contributed by atoms with E-state index in [1.807, 2.05) is 24.4 Å². The topological polar surface area (TPSA) is 59.2 Å². The van der Waals surface area contributed by atoms with Crippen molar-refractivity contribution in [2.45, 2.75) is 12.8 Å². The Balaban J connectivity index is 1.99. The molecule has 0 radical (unpaired) electrons. The lowest BCUT2D eigenvalue weighted by Crippen LogP contribution is -2.41. The number of benzene rings is 1. The third kappa shape index (κ3) is 2.50. The van der Waals surface area contributed by atoms with E-state index in [1.54, 1.807) is 0 Å². The van der Waals surface area contributed by atoms with Gasteiger partial charge in [0, 0.05) is 34.8 Å². The summed E-state index contributed by atoms with van der Waals surface area (Å²) in [6.45, 7) is 1.66. The Hall–Kier alpha value is -1.62. The number of amides is 1. The number of pyridine rings is 1. The molecule has 1 amide bonds. The number of primary amides is 1. The zero-order valence-corrected chi connectivity index (χ0v) is 12.6. The molecule has 3 rings (SSSR count). The van der Waals surface area contributed by atoms with Crippen LogP contribution in [0.25, 0.3) is 10.9 Å². The van der Waals surface area contributed by atoms with Crippen molar-refractivity contribution in [1.29, 1.82) is 0 Å². The largest absolute Gasteiger partial charge is 0.370 e. The Morgan fingerprint density at radius 1 is 1.40 bits per heavy atom. The number of carbonyl (C=O) groups excluding carboxylic acids is 1. The van der Waals surface area contributed by atoms with Crippen LogP contribution in [-0.4, -0.2) is 24.0 Å². The number of aromatic nitrogens is 1. The van der Waals surface area contributed by atoms with Gasteiger partial charge < -0.3 is 10.6 Å². The fourth-order valence-corrected chi connectivity index (χ4v) is 3.16. The predicted octanol–water partition coefficient (Wildman–Crippen LogP) is 2.70. The summed E-state index contributed by atoms with van der Waals surface area (Å²) in [6.07, 6.45) is 3.70. The number of carbonyl (C=O) groups is 1. The van der Waals surface area contributed by atoms with Crippen molar-refractivity contribution in [2.75, 3.05) is 18.0 Å². The van der Waals surface area contributed by atoms with Crippen LogP contribution in [0.5, 0.6) is 0 Å². The van der Waals surface area contributed by atoms with Crippen LogP contribution in [0, 0.1) is 5.92 Å². The van der Waals surface area contributed by atoms with Gasteiger partial charge in [0.25, 0.3) is 0 Å². The first-order chi connectivity index (χ1) is 9.65. The molecule has 20 heavy (non-hydrogen) atoms. The number of anilines is 1. The molecule has 0 spiro atoms. The molecule has 0 aliphatic carbocycles.